The summed E-state index contributed by atoms with van der Waals surface area (Å²) in [6.07, 6.45) is -0.779. The van der Waals surface area contributed by atoms with Crippen LogP contribution in [0.5, 0.6) is 5.75 Å². The number of alkyl carbamates (subject to hydrolysis) is 1. The van der Waals surface area contributed by atoms with E-state index in [-0.39, 0.29) is 12.3 Å². The second kappa shape index (κ2) is 11.5. The first-order valence-electron chi connectivity index (χ1n) is 11.0. The zero-order valence-electron chi connectivity index (χ0n) is 20.2. The molecule has 184 valence electrons. The van der Waals surface area contributed by atoms with Crippen LogP contribution in [0.3, 0.4) is 0 Å². The van der Waals surface area contributed by atoms with Gasteiger partial charge in [-0.05, 0) is 63.4 Å². The normalized spacial score (nSPS) is 11.9. The van der Waals surface area contributed by atoms with Crippen LogP contribution < -0.4 is 10.6 Å². The van der Waals surface area contributed by atoms with Crippen molar-refractivity contribution in [3.63, 3.8) is 0 Å². The lowest BCUT2D eigenvalue weighted by Gasteiger charge is -2.31. The highest BCUT2D eigenvalue weighted by Crippen LogP contribution is 2.28. The highest BCUT2D eigenvalue weighted by molar-refractivity contribution is 5.99. The topological polar surface area (TPSA) is 128 Å². The van der Waals surface area contributed by atoms with Crippen molar-refractivity contribution in [2.24, 2.45) is 0 Å². The Kier molecular flexibility index (Phi) is 9.03. The maximum atomic E-state index is 13.5. The highest BCUT2D eigenvalue weighted by Gasteiger charge is 2.32. The molecule has 9 heteroatoms. The van der Waals surface area contributed by atoms with E-state index in [2.05, 4.69) is 10.6 Å². The van der Waals surface area contributed by atoms with E-state index in [4.69, 9.17) is 4.74 Å². The van der Waals surface area contributed by atoms with Crippen molar-refractivity contribution < 1.29 is 29.3 Å². The molecule has 2 aromatic rings. The minimum atomic E-state index is -1.17. The lowest BCUT2D eigenvalue weighted by molar-refractivity contribution is -0.138. The number of carbonyl (C=O) groups is 3. The summed E-state index contributed by atoms with van der Waals surface area (Å²) in [4.78, 5) is 39.8. The molecule has 0 aliphatic rings. The van der Waals surface area contributed by atoms with E-state index < -0.39 is 42.7 Å². The lowest BCUT2D eigenvalue weighted by atomic mass is 10.0. The number of aryl methyl sites for hydroxylation is 2. The van der Waals surface area contributed by atoms with Crippen molar-refractivity contribution in [3.05, 3.63) is 59.2 Å². The fourth-order valence-electron chi connectivity index (χ4n) is 3.44. The quantitative estimate of drug-likeness (QED) is 0.469. The molecule has 2 rings (SSSR count). The van der Waals surface area contributed by atoms with Gasteiger partial charge in [0.2, 0.25) is 5.91 Å². The van der Waals surface area contributed by atoms with Crippen molar-refractivity contribution in [3.8, 4) is 5.75 Å². The number of hydrogen-bond acceptors (Lipinski definition) is 6. The summed E-state index contributed by atoms with van der Waals surface area (Å²) in [6.45, 7) is 7.77. The van der Waals surface area contributed by atoms with Gasteiger partial charge in [0, 0.05) is 12.2 Å². The fourth-order valence-corrected chi connectivity index (χ4v) is 3.44. The Balaban J connectivity index is 2.37. The molecule has 4 N–H and O–H groups in total. The summed E-state index contributed by atoms with van der Waals surface area (Å²) in [5.41, 5.74) is 1.90. The van der Waals surface area contributed by atoms with Crippen molar-refractivity contribution in [1.82, 2.24) is 10.2 Å². The molecule has 0 radical (unpaired) electrons. The third-order valence-electron chi connectivity index (χ3n) is 4.92. The molecule has 34 heavy (non-hydrogen) atoms. The highest BCUT2D eigenvalue weighted by atomic mass is 16.6. The monoisotopic (exact) mass is 471 g/mol. The molecule has 3 amide bonds. The van der Waals surface area contributed by atoms with Gasteiger partial charge in [0.05, 0.1) is 6.61 Å². The Morgan fingerprint density at radius 3 is 2.24 bits per heavy atom. The predicted octanol–water partition coefficient (Wildman–Crippen LogP) is 3.03. The molecule has 0 aliphatic carbocycles. The maximum Gasteiger partial charge on any atom is 0.408 e. The number of ether oxygens (including phenoxy) is 1. The summed E-state index contributed by atoms with van der Waals surface area (Å²) in [7, 11) is 0. The molecule has 0 bridgehead atoms. The summed E-state index contributed by atoms with van der Waals surface area (Å²) >= 11 is 0. The molecule has 0 aliphatic heterocycles. The van der Waals surface area contributed by atoms with Gasteiger partial charge in [0.15, 0.2) is 0 Å². The van der Waals surface area contributed by atoms with E-state index in [0.29, 0.717) is 11.3 Å². The first kappa shape index (κ1) is 26.7. The molecule has 0 fully saturated rings. The molecular formula is C25H33N3O6. The number of hydrogen-bond donors (Lipinski definition) is 4. The second-order valence-corrected chi connectivity index (χ2v) is 8.92. The standard InChI is InChI=1S/C25H33N3O6/c1-16-8-6-9-17(2)21(16)27-23(32)22(18-10-7-11-19(30)14-18)28(12-13-29)20(31)15-26-24(33)34-25(3,4)5/h6-11,14,22,29-30H,12-13,15H2,1-5H3,(H,26,33)(H,27,32). The minimum absolute atomic E-state index is 0.0781. The first-order chi connectivity index (χ1) is 15.9. The number of carbonyl (C=O) groups excluding carboxylic acids is 3. The number of aromatic hydroxyl groups is 1. The van der Waals surface area contributed by atoms with E-state index in [0.717, 1.165) is 16.0 Å². The second-order valence-electron chi connectivity index (χ2n) is 8.92. The van der Waals surface area contributed by atoms with Crippen molar-refractivity contribution in [2.45, 2.75) is 46.3 Å². The molecule has 2 aromatic carbocycles. The Hall–Kier alpha value is -3.59. The van der Waals surface area contributed by atoms with Gasteiger partial charge in [-0.25, -0.2) is 4.79 Å². The van der Waals surface area contributed by atoms with Gasteiger partial charge in [-0.15, -0.1) is 0 Å². The number of benzene rings is 2. The Labute approximate surface area is 199 Å². The van der Waals surface area contributed by atoms with E-state index in [1.165, 1.54) is 12.1 Å². The van der Waals surface area contributed by atoms with Crippen LogP contribution in [0.25, 0.3) is 0 Å². The van der Waals surface area contributed by atoms with Gasteiger partial charge in [-0.2, -0.15) is 0 Å². The van der Waals surface area contributed by atoms with Crippen LogP contribution in [0.15, 0.2) is 42.5 Å². The molecule has 9 nitrogen and oxygen atoms in total. The van der Waals surface area contributed by atoms with Crippen LogP contribution in [0, 0.1) is 13.8 Å². The minimum Gasteiger partial charge on any atom is -0.508 e. The van der Waals surface area contributed by atoms with E-state index in [1.54, 1.807) is 32.9 Å². The van der Waals surface area contributed by atoms with Crippen LogP contribution >= 0.6 is 0 Å². The number of nitrogens with zero attached hydrogens (tertiary/aromatic N) is 1. The number of phenols is 1. The van der Waals surface area contributed by atoms with Crippen LogP contribution in [-0.4, -0.2) is 58.3 Å². The molecular weight excluding hydrogens is 438 g/mol. The zero-order chi connectivity index (χ0) is 25.5. The third kappa shape index (κ3) is 7.48. The first-order valence-corrected chi connectivity index (χ1v) is 11.0. The van der Waals surface area contributed by atoms with Gasteiger partial charge < -0.3 is 30.5 Å². The predicted molar refractivity (Wildman–Crippen MR) is 128 cm³/mol. The summed E-state index contributed by atoms with van der Waals surface area (Å²) in [6, 6.07) is 10.4. The van der Waals surface area contributed by atoms with Gasteiger partial charge >= 0.3 is 6.09 Å². The van der Waals surface area contributed by atoms with Gasteiger partial charge in [-0.3, -0.25) is 9.59 Å². The Bertz CT molecular complexity index is 1010. The van der Waals surface area contributed by atoms with E-state index in [9.17, 15) is 24.6 Å². The smallest absolute Gasteiger partial charge is 0.408 e. The van der Waals surface area contributed by atoms with Gasteiger partial charge in [0.25, 0.3) is 5.91 Å². The van der Waals surface area contributed by atoms with E-state index >= 15 is 0 Å². The molecule has 0 saturated carbocycles. The Morgan fingerprint density at radius 2 is 1.68 bits per heavy atom. The third-order valence-corrected chi connectivity index (χ3v) is 4.92. The average Bonchev–Trinajstić information content (AvgIpc) is 2.73. The number of aliphatic hydroxyl groups excluding tert-OH is 1. The van der Waals surface area contributed by atoms with Crippen LogP contribution in [0.1, 0.15) is 43.5 Å². The zero-order valence-corrected chi connectivity index (χ0v) is 20.2. The van der Waals surface area contributed by atoms with Crippen LogP contribution in [-0.2, 0) is 14.3 Å². The fraction of sp³-hybridized carbons (Fsp3) is 0.400. The van der Waals surface area contributed by atoms with Crippen molar-refractivity contribution >= 4 is 23.6 Å². The summed E-state index contributed by atoms with van der Waals surface area (Å²) < 4.78 is 5.16. The van der Waals surface area contributed by atoms with Gasteiger partial charge in [0.1, 0.15) is 23.9 Å². The molecule has 0 heterocycles. The number of para-hydroxylation sites is 1. The van der Waals surface area contributed by atoms with Crippen molar-refractivity contribution in [2.75, 3.05) is 25.0 Å². The lowest BCUT2D eigenvalue weighted by Crippen LogP contribution is -2.47. The number of phenolic OH excluding ortho intramolecular Hbond substituents is 1. The summed E-state index contributed by atoms with van der Waals surface area (Å²) in [5, 5.41) is 24.9. The van der Waals surface area contributed by atoms with Crippen LogP contribution in [0.4, 0.5) is 10.5 Å². The maximum absolute atomic E-state index is 13.5. The Morgan fingerprint density at radius 1 is 1.06 bits per heavy atom. The molecule has 1 unspecified atom stereocenters. The SMILES string of the molecule is Cc1cccc(C)c1NC(=O)C(c1cccc(O)c1)N(CCO)C(=O)CNC(=O)OC(C)(C)C. The van der Waals surface area contributed by atoms with E-state index in [1.807, 2.05) is 32.0 Å². The number of anilines is 1. The van der Waals surface area contributed by atoms with Crippen LogP contribution in [0.2, 0.25) is 0 Å². The average molecular weight is 472 g/mol. The molecule has 1 atom stereocenters. The largest absolute Gasteiger partial charge is 0.508 e. The molecule has 0 saturated heterocycles. The number of nitrogens with one attached hydrogen (secondary N) is 2. The molecule has 0 spiro atoms. The number of aliphatic hydroxyl groups is 1. The summed E-state index contributed by atoms with van der Waals surface area (Å²) in [5.74, 6) is -1.21. The number of amides is 3. The number of rotatable bonds is 8. The van der Waals surface area contributed by atoms with Gasteiger partial charge in [-0.1, -0.05) is 30.3 Å². The van der Waals surface area contributed by atoms with Crippen molar-refractivity contribution in [1.29, 1.82) is 0 Å². The molecule has 0 aromatic heterocycles.